The molecule has 0 aromatic heterocycles. The van der Waals surface area contributed by atoms with Gasteiger partial charge in [-0.25, -0.2) is 4.39 Å². The molecule has 2 rings (SSSR count). The maximum Gasteiger partial charge on any atom is 0.254 e. The summed E-state index contributed by atoms with van der Waals surface area (Å²) in [4.78, 5) is 14.5. The Morgan fingerprint density at radius 3 is 2.25 bits per heavy atom. The molecule has 0 unspecified atom stereocenters. The molecule has 4 nitrogen and oxygen atoms in total. The van der Waals surface area contributed by atoms with E-state index in [0.717, 1.165) is 11.1 Å². The predicted molar refractivity (Wildman–Crippen MR) is 91.1 cm³/mol. The highest BCUT2D eigenvalue weighted by Gasteiger charge is 2.18. The molecule has 0 saturated heterocycles. The van der Waals surface area contributed by atoms with Gasteiger partial charge in [-0.05, 0) is 43.7 Å². The highest BCUT2D eigenvalue weighted by atomic mass is 19.1. The molecule has 0 aliphatic rings. The van der Waals surface area contributed by atoms with Gasteiger partial charge in [-0.15, -0.1) is 0 Å². The molecule has 0 aliphatic heterocycles. The van der Waals surface area contributed by atoms with Crippen molar-refractivity contribution in [2.75, 3.05) is 20.8 Å². The summed E-state index contributed by atoms with van der Waals surface area (Å²) in [5.74, 6) is 0.729. The van der Waals surface area contributed by atoms with E-state index in [4.69, 9.17) is 9.47 Å². The van der Waals surface area contributed by atoms with Crippen LogP contribution >= 0.6 is 0 Å². The van der Waals surface area contributed by atoms with Gasteiger partial charge in [0, 0.05) is 24.2 Å². The Labute approximate surface area is 141 Å². The van der Waals surface area contributed by atoms with Crippen LogP contribution in [-0.4, -0.2) is 31.6 Å². The van der Waals surface area contributed by atoms with Crippen molar-refractivity contribution in [1.82, 2.24) is 4.90 Å². The zero-order valence-corrected chi connectivity index (χ0v) is 14.4. The van der Waals surface area contributed by atoms with Crippen molar-refractivity contribution >= 4 is 5.91 Å². The first-order valence-corrected chi connectivity index (χ1v) is 7.76. The lowest BCUT2D eigenvalue weighted by Crippen LogP contribution is -2.30. The highest BCUT2D eigenvalue weighted by molar-refractivity contribution is 5.95. The number of methoxy groups -OCH3 is 2. The molecule has 2 aromatic carbocycles. The van der Waals surface area contributed by atoms with Crippen LogP contribution in [0.15, 0.2) is 36.4 Å². The number of hydrogen-bond donors (Lipinski definition) is 0. The molecule has 24 heavy (non-hydrogen) atoms. The number of hydrogen-bond acceptors (Lipinski definition) is 3. The zero-order valence-electron chi connectivity index (χ0n) is 14.4. The van der Waals surface area contributed by atoms with Crippen LogP contribution in [0.5, 0.6) is 11.5 Å². The van der Waals surface area contributed by atoms with E-state index in [0.29, 0.717) is 30.2 Å². The van der Waals surface area contributed by atoms with Crippen LogP contribution in [-0.2, 0) is 6.54 Å². The minimum absolute atomic E-state index is 0.154. The average molecular weight is 331 g/mol. The monoisotopic (exact) mass is 331 g/mol. The van der Waals surface area contributed by atoms with Gasteiger partial charge in [0.1, 0.15) is 17.3 Å². The summed E-state index contributed by atoms with van der Waals surface area (Å²) in [5.41, 5.74) is 2.06. The minimum atomic E-state index is -0.310. The maximum absolute atomic E-state index is 13.4. The number of amides is 1. The van der Waals surface area contributed by atoms with Crippen molar-refractivity contribution in [3.63, 3.8) is 0 Å². The topological polar surface area (TPSA) is 38.8 Å². The van der Waals surface area contributed by atoms with E-state index in [-0.39, 0.29) is 11.7 Å². The van der Waals surface area contributed by atoms with E-state index >= 15 is 0 Å². The van der Waals surface area contributed by atoms with Crippen molar-refractivity contribution in [3.05, 3.63) is 58.9 Å². The van der Waals surface area contributed by atoms with E-state index in [1.165, 1.54) is 12.1 Å². The van der Waals surface area contributed by atoms with Crippen molar-refractivity contribution in [2.45, 2.75) is 20.4 Å². The summed E-state index contributed by atoms with van der Waals surface area (Å²) < 4.78 is 24.0. The summed E-state index contributed by atoms with van der Waals surface area (Å²) >= 11 is 0. The Kier molecular flexibility index (Phi) is 5.79. The fourth-order valence-corrected chi connectivity index (χ4v) is 2.58. The normalized spacial score (nSPS) is 10.4. The highest BCUT2D eigenvalue weighted by Crippen LogP contribution is 2.30. The van der Waals surface area contributed by atoms with Crippen LogP contribution < -0.4 is 9.47 Å². The van der Waals surface area contributed by atoms with Crippen molar-refractivity contribution < 1.29 is 18.7 Å². The standard InChI is InChI=1S/C19H22FNO3/c1-5-21(12-14-7-6-8-16(20)9-14)19(22)15-10-17(23-3)13(2)18(11-15)24-4/h6-11H,5,12H2,1-4H3. The van der Waals surface area contributed by atoms with Crippen LogP contribution in [0, 0.1) is 12.7 Å². The first-order chi connectivity index (χ1) is 11.5. The number of halogens is 1. The Hall–Kier alpha value is -2.56. The van der Waals surface area contributed by atoms with Gasteiger partial charge in [-0.2, -0.15) is 0 Å². The van der Waals surface area contributed by atoms with Gasteiger partial charge in [0.05, 0.1) is 14.2 Å². The third kappa shape index (κ3) is 3.85. The van der Waals surface area contributed by atoms with Crippen LogP contribution in [0.2, 0.25) is 0 Å². The fraction of sp³-hybridized carbons (Fsp3) is 0.316. The average Bonchev–Trinajstić information content (AvgIpc) is 2.59. The third-order valence-corrected chi connectivity index (χ3v) is 3.93. The van der Waals surface area contributed by atoms with E-state index < -0.39 is 0 Å². The van der Waals surface area contributed by atoms with Gasteiger partial charge in [0.15, 0.2) is 0 Å². The van der Waals surface area contributed by atoms with Crippen LogP contribution in [0.3, 0.4) is 0 Å². The molecule has 0 atom stereocenters. The number of carbonyl (C=O) groups excluding carboxylic acids is 1. The molecule has 0 saturated carbocycles. The fourth-order valence-electron chi connectivity index (χ4n) is 2.58. The number of nitrogens with zero attached hydrogens (tertiary/aromatic N) is 1. The molecule has 2 aromatic rings. The molecular weight excluding hydrogens is 309 g/mol. The van der Waals surface area contributed by atoms with Crippen LogP contribution in [0.1, 0.15) is 28.4 Å². The number of carbonyl (C=O) groups is 1. The minimum Gasteiger partial charge on any atom is -0.496 e. The second-order valence-corrected chi connectivity index (χ2v) is 5.46. The molecule has 5 heteroatoms. The number of benzene rings is 2. The lowest BCUT2D eigenvalue weighted by atomic mass is 10.1. The summed E-state index contributed by atoms with van der Waals surface area (Å²) in [6.07, 6.45) is 0. The van der Waals surface area contributed by atoms with E-state index in [1.807, 2.05) is 13.8 Å². The first kappa shape index (κ1) is 17.8. The van der Waals surface area contributed by atoms with Crippen molar-refractivity contribution in [2.24, 2.45) is 0 Å². The molecule has 0 bridgehead atoms. The van der Waals surface area contributed by atoms with Crippen molar-refractivity contribution in [1.29, 1.82) is 0 Å². The largest absolute Gasteiger partial charge is 0.496 e. The van der Waals surface area contributed by atoms with E-state index in [2.05, 4.69) is 0 Å². The second kappa shape index (κ2) is 7.81. The van der Waals surface area contributed by atoms with Gasteiger partial charge in [0.25, 0.3) is 5.91 Å². The van der Waals surface area contributed by atoms with Gasteiger partial charge in [-0.3, -0.25) is 4.79 Å². The van der Waals surface area contributed by atoms with Gasteiger partial charge in [-0.1, -0.05) is 12.1 Å². The molecule has 0 aliphatic carbocycles. The molecule has 1 amide bonds. The molecule has 0 heterocycles. The van der Waals surface area contributed by atoms with Crippen LogP contribution in [0.4, 0.5) is 4.39 Å². The molecule has 0 fully saturated rings. The van der Waals surface area contributed by atoms with Gasteiger partial charge in [0.2, 0.25) is 0 Å². The maximum atomic E-state index is 13.4. The van der Waals surface area contributed by atoms with Crippen molar-refractivity contribution in [3.8, 4) is 11.5 Å². The Balaban J connectivity index is 2.31. The Morgan fingerprint density at radius 1 is 1.12 bits per heavy atom. The lowest BCUT2D eigenvalue weighted by molar-refractivity contribution is 0.0751. The SMILES string of the molecule is CCN(Cc1cccc(F)c1)C(=O)c1cc(OC)c(C)c(OC)c1. The molecule has 0 radical (unpaired) electrons. The molecule has 128 valence electrons. The second-order valence-electron chi connectivity index (χ2n) is 5.46. The van der Waals surface area contributed by atoms with Gasteiger partial charge < -0.3 is 14.4 Å². The zero-order chi connectivity index (χ0) is 17.7. The smallest absolute Gasteiger partial charge is 0.254 e. The number of ether oxygens (including phenoxy) is 2. The Morgan fingerprint density at radius 2 is 1.75 bits per heavy atom. The van der Waals surface area contributed by atoms with E-state index in [1.54, 1.807) is 43.4 Å². The van der Waals surface area contributed by atoms with Gasteiger partial charge >= 0.3 is 0 Å². The summed E-state index contributed by atoms with van der Waals surface area (Å²) in [7, 11) is 3.11. The Bertz CT molecular complexity index is 705. The third-order valence-electron chi connectivity index (χ3n) is 3.93. The number of rotatable bonds is 6. The summed E-state index contributed by atoms with van der Waals surface area (Å²) in [6, 6.07) is 9.67. The summed E-state index contributed by atoms with van der Waals surface area (Å²) in [5, 5.41) is 0. The first-order valence-electron chi connectivity index (χ1n) is 7.76. The quantitative estimate of drug-likeness (QED) is 0.808. The van der Waals surface area contributed by atoms with E-state index in [9.17, 15) is 9.18 Å². The summed E-state index contributed by atoms with van der Waals surface area (Å²) in [6.45, 7) is 4.61. The van der Waals surface area contributed by atoms with Crippen LogP contribution in [0.25, 0.3) is 0 Å². The molecule has 0 N–H and O–H groups in total. The molecular formula is C19H22FNO3. The molecule has 0 spiro atoms. The predicted octanol–water partition coefficient (Wildman–Crippen LogP) is 3.81. The lowest BCUT2D eigenvalue weighted by Gasteiger charge is -2.22.